The van der Waals surface area contributed by atoms with Crippen LogP contribution in [0.15, 0.2) is 24.3 Å². The molecule has 110 valence electrons. The highest BCUT2D eigenvalue weighted by molar-refractivity contribution is 6.30. The van der Waals surface area contributed by atoms with Gasteiger partial charge in [0, 0.05) is 17.0 Å². The van der Waals surface area contributed by atoms with E-state index in [1.54, 1.807) is 0 Å². The predicted octanol–water partition coefficient (Wildman–Crippen LogP) is 3.08. The summed E-state index contributed by atoms with van der Waals surface area (Å²) < 4.78 is 0. The zero-order chi connectivity index (χ0) is 14.8. The average molecular weight is 295 g/mol. The van der Waals surface area contributed by atoms with Gasteiger partial charge >= 0.3 is 0 Å². The second kappa shape index (κ2) is 6.15. The van der Waals surface area contributed by atoms with Gasteiger partial charge in [0.05, 0.1) is 5.54 Å². The van der Waals surface area contributed by atoms with Gasteiger partial charge in [-0.3, -0.25) is 4.79 Å². The number of piperidine rings is 1. The molecule has 1 aromatic carbocycles. The van der Waals surface area contributed by atoms with E-state index in [1.165, 1.54) is 0 Å². The molecule has 2 rings (SSSR count). The molecule has 1 aromatic rings. The average Bonchev–Trinajstić information content (AvgIpc) is 2.38. The first kappa shape index (κ1) is 15.3. The third-order valence-electron chi connectivity index (χ3n) is 3.98. The highest BCUT2D eigenvalue weighted by Crippen LogP contribution is 2.25. The molecule has 1 aliphatic rings. The summed E-state index contributed by atoms with van der Waals surface area (Å²) in [6.07, 6.45) is 1.80. The fraction of sp³-hybridized carbons (Fsp3) is 0.562. The van der Waals surface area contributed by atoms with Crippen molar-refractivity contribution in [1.82, 2.24) is 10.6 Å². The van der Waals surface area contributed by atoms with Crippen molar-refractivity contribution in [3.63, 3.8) is 0 Å². The van der Waals surface area contributed by atoms with Crippen LogP contribution in [0.3, 0.4) is 0 Å². The Morgan fingerprint density at radius 2 is 2.20 bits per heavy atom. The topological polar surface area (TPSA) is 41.1 Å². The molecular formula is C16H23ClN2O. The Bertz CT molecular complexity index is 487. The summed E-state index contributed by atoms with van der Waals surface area (Å²) in [6.45, 7) is 7.07. The highest BCUT2D eigenvalue weighted by Gasteiger charge is 2.29. The minimum Gasteiger partial charge on any atom is -0.347 e. The Labute approximate surface area is 126 Å². The first-order valence-electron chi connectivity index (χ1n) is 7.20. The molecule has 1 heterocycles. The number of hydrogen-bond acceptors (Lipinski definition) is 2. The molecular weight excluding hydrogens is 272 g/mol. The van der Waals surface area contributed by atoms with Crippen molar-refractivity contribution < 1.29 is 4.79 Å². The quantitative estimate of drug-likeness (QED) is 0.899. The molecule has 1 amide bonds. The predicted molar refractivity (Wildman–Crippen MR) is 82.8 cm³/mol. The SMILES string of the molecule is C[C@H]1C[C@@H](C(=O)NC(C)(C)c2cccc(Cl)c2)CCN1. The molecule has 0 bridgehead atoms. The molecule has 0 saturated carbocycles. The van der Waals surface area contributed by atoms with E-state index in [9.17, 15) is 4.79 Å². The number of halogens is 1. The monoisotopic (exact) mass is 294 g/mol. The number of benzene rings is 1. The second-order valence-corrected chi connectivity index (χ2v) is 6.64. The largest absolute Gasteiger partial charge is 0.347 e. The molecule has 0 aliphatic carbocycles. The number of amides is 1. The lowest BCUT2D eigenvalue weighted by atomic mass is 9.89. The maximum absolute atomic E-state index is 12.4. The maximum atomic E-state index is 12.4. The van der Waals surface area contributed by atoms with Gasteiger partial charge < -0.3 is 10.6 Å². The Morgan fingerprint density at radius 3 is 2.85 bits per heavy atom. The summed E-state index contributed by atoms with van der Waals surface area (Å²) in [7, 11) is 0. The van der Waals surface area contributed by atoms with Crippen molar-refractivity contribution in [2.75, 3.05) is 6.54 Å². The van der Waals surface area contributed by atoms with Gasteiger partial charge in [-0.15, -0.1) is 0 Å². The Hall–Kier alpha value is -1.06. The van der Waals surface area contributed by atoms with Crippen LogP contribution in [0.1, 0.15) is 39.2 Å². The van der Waals surface area contributed by atoms with Crippen molar-refractivity contribution in [2.45, 2.75) is 45.2 Å². The molecule has 0 unspecified atom stereocenters. The van der Waals surface area contributed by atoms with Crippen LogP contribution in [0.5, 0.6) is 0 Å². The molecule has 0 radical (unpaired) electrons. The van der Waals surface area contributed by atoms with Gasteiger partial charge in [0.2, 0.25) is 5.91 Å². The minimum absolute atomic E-state index is 0.102. The zero-order valence-corrected chi connectivity index (χ0v) is 13.1. The van der Waals surface area contributed by atoms with Crippen molar-refractivity contribution in [2.24, 2.45) is 5.92 Å². The number of hydrogen-bond donors (Lipinski definition) is 2. The van der Waals surface area contributed by atoms with Crippen LogP contribution in [0.4, 0.5) is 0 Å². The van der Waals surface area contributed by atoms with E-state index in [0.717, 1.165) is 24.9 Å². The Morgan fingerprint density at radius 1 is 1.45 bits per heavy atom. The molecule has 20 heavy (non-hydrogen) atoms. The summed E-state index contributed by atoms with van der Waals surface area (Å²) in [6, 6.07) is 8.08. The number of nitrogens with one attached hydrogen (secondary N) is 2. The van der Waals surface area contributed by atoms with E-state index in [-0.39, 0.29) is 11.8 Å². The summed E-state index contributed by atoms with van der Waals surface area (Å²) >= 11 is 6.03. The van der Waals surface area contributed by atoms with Gasteiger partial charge in [0.15, 0.2) is 0 Å². The van der Waals surface area contributed by atoms with E-state index in [4.69, 9.17) is 11.6 Å². The molecule has 2 atom stereocenters. The second-order valence-electron chi connectivity index (χ2n) is 6.20. The van der Waals surface area contributed by atoms with E-state index in [2.05, 4.69) is 17.6 Å². The first-order valence-corrected chi connectivity index (χ1v) is 7.58. The van der Waals surface area contributed by atoms with Crippen LogP contribution in [-0.2, 0) is 10.3 Å². The van der Waals surface area contributed by atoms with Crippen LogP contribution in [0, 0.1) is 5.92 Å². The first-order chi connectivity index (χ1) is 9.38. The fourth-order valence-corrected chi connectivity index (χ4v) is 2.92. The Kier molecular flexibility index (Phi) is 4.71. The number of carbonyl (C=O) groups is 1. The highest BCUT2D eigenvalue weighted by atomic mass is 35.5. The maximum Gasteiger partial charge on any atom is 0.223 e. The molecule has 4 heteroatoms. The summed E-state index contributed by atoms with van der Waals surface area (Å²) in [5.74, 6) is 0.244. The number of carbonyl (C=O) groups excluding carboxylic acids is 1. The minimum atomic E-state index is -0.407. The fourth-order valence-electron chi connectivity index (χ4n) is 2.73. The molecule has 0 spiro atoms. The summed E-state index contributed by atoms with van der Waals surface area (Å²) in [4.78, 5) is 12.4. The molecule has 1 saturated heterocycles. The van der Waals surface area contributed by atoms with Crippen molar-refractivity contribution in [3.05, 3.63) is 34.9 Å². The molecule has 2 N–H and O–H groups in total. The van der Waals surface area contributed by atoms with Crippen LogP contribution in [-0.4, -0.2) is 18.5 Å². The van der Waals surface area contributed by atoms with E-state index in [0.29, 0.717) is 11.1 Å². The summed E-state index contributed by atoms with van der Waals surface area (Å²) in [5, 5.41) is 7.23. The van der Waals surface area contributed by atoms with Crippen molar-refractivity contribution in [3.8, 4) is 0 Å². The normalized spacial score (nSPS) is 23.4. The van der Waals surface area contributed by atoms with Crippen molar-refractivity contribution >= 4 is 17.5 Å². The van der Waals surface area contributed by atoms with Crippen LogP contribution in [0.2, 0.25) is 5.02 Å². The van der Waals surface area contributed by atoms with Crippen molar-refractivity contribution in [1.29, 1.82) is 0 Å². The third-order valence-corrected chi connectivity index (χ3v) is 4.21. The van der Waals surface area contributed by atoms with Gasteiger partial charge in [0.25, 0.3) is 0 Å². The van der Waals surface area contributed by atoms with Gasteiger partial charge in [-0.25, -0.2) is 0 Å². The lowest BCUT2D eigenvalue weighted by Crippen LogP contribution is -2.48. The lowest BCUT2D eigenvalue weighted by Gasteiger charge is -2.32. The molecule has 1 aliphatic heterocycles. The van der Waals surface area contributed by atoms with Gasteiger partial charge in [-0.2, -0.15) is 0 Å². The third kappa shape index (κ3) is 3.74. The van der Waals surface area contributed by atoms with Gasteiger partial charge in [0.1, 0.15) is 0 Å². The van der Waals surface area contributed by atoms with E-state index in [1.807, 2.05) is 38.1 Å². The van der Waals surface area contributed by atoms with Crippen LogP contribution < -0.4 is 10.6 Å². The smallest absolute Gasteiger partial charge is 0.223 e. The van der Waals surface area contributed by atoms with Crippen LogP contribution >= 0.6 is 11.6 Å². The molecule has 1 fully saturated rings. The standard InChI is InChI=1S/C16H23ClN2O/c1-11-9-12(7-8-18-11)15(20)19-16(2,3)13-5-4-6-14(17)10-13/h4-6,10-12,18H,7-9H2,1-3H3,(H,19,20)/t11-,12-/m0/s1. The molecule has 0 aromatic heterocycles. The zero-order valence-electron chi connectivity index (χ0n) is 12.4. The summed E-state index contributed by atoms with van der Waals surface area (Å²) in [5.41, 5.74) is 0.621. The lowest BCUT2D eigenvalue weighted by molar-refractivity contribution is -0.127. The van der Waals surface area contributed by atoms with Crippen LogP contribution in [0.25, 0.3) is 0 Å². The molecule has 3 nitrogen and oxygen atoms in total. The van der Waals surface area contributed by atoms with E-state index < -0.39 is 5.54 Å². The van der Waals surface area contributed by atoms with Gasteiger partial charge in [-0.05, 0) is 57.9 Å². The number of rotatable bonds is 3. The van der Waals surface area contributed by atoms with E-state index >= 15 is 0 Å². The van der Waals surface area contributed by atoms with Gasteiger partial charge in [-0.1, -0.05) is 23.7 Å². The Balaban J connectivity index is 2.05.